The minimum Gasteiger partial charge on any atom is -0.452 e. The topological polar surface area (TPSA) is 63.0 Å². The second-order valence-electron chi connectivity index (χ2n) is 2.86. The first-order valence-electron chi connectivity index (χ1n) is 4.32. The van der Waals surface area contributed by atoms with E-state index in [9.17, 15) is 0 Å². The van der Waals surface area contributed by atoms with Crippen LogP contribution in [0.3, 0.4) is 0 Å². The zero-order chi connectivity index (χ0) is 10.6. The maximum absolute atomic E-state index is 8.86. The lowest BCUT2D eigenvalue weighted by molar-refractivity contribution is 0.568. The van der Waals surface area contributed by atoms with Crippen LogP contribution in [0.5, 0.6) is 0 Å². The van der Waals surface area contributed by atoms with E-state index in [0.717, 1.165) is 6.42 Å². The molecule has 1 aromatic rings. The predicted octanol–water partition coefficient (Wildman–Crippen LogP) is 2.93. The second kappa shape index (κ2) is 4.73. The Bertz CT molecular complexity index is 387. The van der Waals surface area contributed by atoms with E-state index >= 15 is 0 Å². The monoisotopic (exact) mass is 210 g/mol. The number of nitrogens with two attached hydrogens (primary N) is 1. The van der Waals surface area contributed by atoms with Gasteiger partial charge in [0, 0.05) is 0 Å². The lowest BCUT2D eigenvalue weighted by Gasteiger charge is -2.01. The van der Waals surface area contributed by atoms with Crippen molar-refractivity contribution in [1.82, 2.24) is 0 Å². The quantitative estimate of drug-likeness (QED) is 0.781. The third-order valence-electron chi connectivity index (χ3n) is 1.87. The molecule has 0 fully saturated rings. The van der Waals surface area contributed by atoms with E-state index in [4.69, 9.17) is 27.0 Å². The molecule has 0 aliphatic heterocycles. The first kappa shape index (κ1) is 10.7. The minimum absolute atomic E-state index is 0.228. The van der Waals surface area contributed by atoms with Crippen LogP contribution >= 0.6 is 11.6 Å². The number of halogens is 1. The summed E-state index contributed by atoms with van der Waals surface area (Å²) in [6.45, 7) is 1.99. The zero-order valence-corrected chi connectivity index (χ0v) is 8.64. The highest BCUT2D eigenvalue weighted by atomic mass is 35.5. The van der Waals surface area contributed by atoms with Crippen LogP contribution in [0.25, 0.3) is 5.70 Å². The number of hydrogen-bond acceptors (Lipinski definition) is 3. The molecule has 0 aromatic carbocycles. The number of nitriles is 1. The Kier molecular flexibility index (Phi) is 3.61. The van der Waals surface area contributed by atoms with E-state index < -0.39 is 0 Å². The summed E-state index contributed by atoms with van der Waals surface area (Å²) in [5.41, 5.74) is 7.35. The molecule has 0 saturated heterocycles. The molecule has 0 aliphatic carbocycles. The van der Waals surface area contributed by atoms with Gasteiger partial charge in [-0.05, 0) is 24.1 Å². The maximum atomic E-state index is 8.86. The summed E-state index contributed by atoms with van der Waals surface area (Å²) in [5.74, 6) is 0. The zero-order valence-electron chi connectivity index (χ0n) is 7.88. The lowest BCUT2D eigenvalue weighted by atomic mass is 10.1. The molecule has 0 radical (unpaired) electrons. The number of furan rings is 1. The first-order chi connectivity index (χ1) is 6.70. The second-order valence-corrected chi connectivity index (χ2v) is 3.21. The summed E-state index contributed by atoms with van der Waals surface area (Å²) in [6.07, 6.45) is 2.98. The van der Waals surface area contributed by atoms with Gasteiger partial charge >= 0.3 is 0 Å². The molecular formula is C10H11ClN2O. The van der Waals surface area contributed by atoms with E-state index in [-0.39, 0.29) is 5.22 Å². The molecule has 1 heterocycles. The fourth-order valence-corrected chi connectivity index (χ4v) is 1.37. The normalized spacial score (nSPS) is 12.1. The number of nitrogens with zero attached hydrogens (tertiary/aromatic N) is 1. The number of hydrogen-bond donors (Lipinski definition) is 1. The van der Waals surface area contributed by atoms with Crippen molar-refractivity contribution in [2.45, 2.75) is 19.8 Å². The summed E-state index contributed by atoms with van der Waals surface area (Å²) in [7, 11) is 0. The van der Waals surface area contributed by atoms with E-state index in [1.165, 1.54) is 6.26 Å². The molecule has 74 valence electrons. The summed E-state index contributed by atoms with van der Waals surface area (Å²) in [4.78, 5) is 0. The van der Waals surface area contributed by atoms with Crippen LogP contribution in [0.1, 0.15) is 25.3 Å². The molecule has 0 atom stereocenters. The fourth-order valence-electron chi connectivity index (χ4n) is 1.15. The van der Waals surface area contributed by atoms with Gasteiger partial charge in [0.15, 0.2) is 0 Å². The summed E-state index contributed by atoms with van der Waals surface area (Å²) >= 11 is 5.75. The Morgan fingerprint density at radius 3 is 2.86 bits per heavy atom. The molecular weight excluding hydrogens is 200 g/mol. The average Bonchev–Trinajstić information content (AvgIpc) is 2.59. The molecule has 0 amide bonds. The maximum Gasteiger partial charge on any atom is 0.202 e. The largest absolute Gasteiger partial charge is 0.452 e. The van der Waals surface area contributed by atoms with E-state index in [1.807, 2.05) is 6.92 Å². The van der Waals surface area contributed by atoms with Gasteiger partial charge in [0.1, 0.15) is 0 Å². The van der Waals surface area contributed by atoms with E-state index in [1.54, 1.807) is 6.07 Å². The molecule has 0 spiro atoms. The highest BCUT2D eigenvalue weighted by Gasteiger charge is 2.10. The fraction of sp³-hybridized carbons (Fsp3) is 0.300. The molecule has 1 rings (SSSR count). The van der Waals surface area contributed by atoms with Gasteiger partial charge in [0.05, 0.1) is 29.2 Å². The van der Waals surface area contributed by atoms with Crippen molar-refractivity contribution < 1.29 is 4.42 Å². The van der Waals surface area contributed by atoms with Crippen LogP contribution in [0, 0.1) is 11.3 Å². The summed E-state index contributed by atoms with van der Waals surface area (Å²) < 4.78 is 4.90. The van der Waals surface area contributed by atoms with Crippen LogP contribution in [0.2, 0.25) is 5.22 Å². The van der Waals surface area contributed by atoms with Crippen LogP contribution in [-0.4, -0.2) is 0 Å². The van der Waals surface area contributed by atoms with Crippen molar-refractivity contribution in [3.8, 4) is 6.07 Å². The van der Waals surface area contributed by atoms with Gasteiger partial charge in [-0.25, -0.2) is 0 Å². The van der Waals surface area contributed by atoms with Crippen LogP contribution in [0.4, 0.5) is 0 Å². The van der Waals surface area contributed by atoms with Gasteiger partial charge in [0.2, 0.25) is 5.22 Å². The highest BCUT2D eigenvalue weighted by Crippen LogP contribution is 2.25. The molecule has 0 unspecified atom stereocenters. The molecule has 2 N–H and O–H groups in total. The van der Waals surface area contributed by atoms with Gasteiger partial charge in [-0.15, -0.1) is 0 Å². The van der Waals surface area contributed by atoms with Crippen LogP contribution < -0.4 is 5.73 Å². The third kappa shape index (κ3) is 2.09. The number of allylic oxidation sites excluding steroid dienone is 1. The van der Waals surface area contributed by atoms with Crippen molar-refractivity contribution in [2.24, 2.45) is 5.73 Å². The van der Waals surface area contributed by atoms with E-state index in [2.05, 4.69) is 6.07 Å². The highest BCUT2D eigenvalue weighted by molar-refractivity contribution is 6.30. The van der Waals surface area contributed by atoms with Crippen LogP contribution in [-0.2, 0) is 0 Å². The minimum atomic E-state index is 0.228. The average molecular weight is 211 g/mol. The number of rotatable bonds is 3. The molecule has 0 aliphatic rings. The van der Waals surface area contributed by atoms with E-state index in [0.29, 0.717) is 23.3 Å². The molecule has 1 aromatic heterocycles. The van der Waals surface area contributed by atoms with Crippen molar-refractivity contribution >= 4 is 17.3 Å². The van der Waals surface area contributed by atoms with Gasteiger partial charge in [-0.1, -0.05) is 13.3 Å². The smallest absolute Gasteiger partial charge is 0.202 e. The Balaban J connectivity index is 3.09. The summed E-state index contributed by atoms with van der Waals surface area (Å²) in [5, 5.41) is 9.08. The van der Waals surface area contributed by atoms with Gasteiger partial charge < -0.3 is 10.2 Å². The third-order valence-corrected chi connectivity index (χ3v) is 2.16. The Morgan fingerprint density at radius 1 is 1.71 bits per heavy atom. The molecule has 0 bridgehead atoms. The van der Waals surface area contributed by atoms with Gasteiger partial charge in [0.25, 0.3) is 0 Å². The first-order valence-corrected chi connectivity index (χ1v) is 4.70. The predicted molar refractivity (Wildman–Crippen MR) is 55.3 cm³/mol. The van der Waals surface area contributed by atoms with Gasteiger partial charge in [-0.2, -0.15) is 5.26 Å². The Hall–Kier alpha value is -1.40. The SMILES string of the molecule is CCC/C(C#N)=C(/N)c1ccoc1Cl. The van der Waals surface area contributed by atoms with Crippen molar-refractivity contribution in [3.05, 3.63) is 28.7 Å². The molecule has 4 heteroatoms. The summed E-state index contributed by atoms with van der Waals surface area (Å²) in [6, 6.07) is 3.73. The Labute approximate surface area is 87.8 Å². The van der Waals surface area contributed by atoms with Crippen LogP contribution in [0.15, 0.2) is 22.3 Å². The lowest BCUT2D eigenvalue weighted by Crippen LogP contribution is -2.00. The molecule has 3 nitrogen and oxygen atoms in total. The Morgan fingerprint density at radius 2 is 2.43 bits per heavy atom. The van der Waals surface area contributed by atoms with Crippen molar-refractivity contribution in [2.75, 3.05) is 0 Å². The standard InChI is InChI=1S/C10H11ClN2O/c1-2-3-7(6-12)9(13)8-4-5-14-10(8)11/h4-5H,2-3,13H2,1H3/b9-7-. The molecule has 14 heavy (non-hydrogen) atoms. The molecule has 0 saturated carbocycles. The van der Waals surface area contributed by atoms with Gasteiger partial charge in [-0.3, -0.25) is 0 Å². The van der Waals surface area contributed by atoms with Crippen molar-refractivity contribution in [3.63, 3.8) is 0 Å². The van der Waals surface area contributed by atoms with Crippen molar-refractivity contribution in [1.29, 1.82) is 5.26 Å².